The van der Waals surface area contributed by atoms with Crippen molar-refractivity contribution in [1.29, 1.82) is 0 Å². The molecular formula is C15H21BrO. The van der Waals surface area contributed by atoms with E-state index in [9.17, 15) is 5.11 Å². The average Bonchev–Trinajstić information content (AvgIpc) is 2.39. The minimum atomic E-state index is -0.407. The van der Waals surface area contributed by atoms with Gasteiger partial charge in [0.1, 0.15) is 0 Å². The number of aliphatic hydroxyl groups excluding tert-OH is 1. The normalized spacial score (nSPS) is 21.1. The molecular weight excluding hydrogens is 276 g/mol. The molecule has 2 unspecified atom stereocenters. The van der Waals surface area contributed by atoms with E-state index in [1.807, 2.05) is 6.92 Å². The highest BCUT2D eigenvalue weighted by Gasteiger charge is 2.17. The van der Waals surface area contributed by atoms with Crippen LogP contribution in [0.3, 0.4) is 0 Å². The molecule has 0 radical (unpaired) electrons. The Labute approximate surface area is 112 Å². The molecule has 1 N–H and O–H groups in total. The van der Waals surface area contributed by atoms with Crippen LogP contribution in [0, 0.1) is 0 Å². The Morgan fingerprint density at radius 1 is 1.12 bits per heavy atom. The van der Waals surface area contributed by atoms with Gasteiger partial charge in [0.25, 0.3) is 0 Å². The number of hydrogen-bond donors (Lipinski definition) is 1. The van der Waals surface area contributed by atoms with E-state index in [1.165, 1.54) is 37.7 Å². The van der Waals surface area contributed by atoms with Crippen molar-refractivity contribution in [2.24, 2.45) is 0 Å². The largest absolute Gasteiger partial charge is 0.387 e. The van der Waals surface area contributed by atoms with E-state index in [1.54, 1.807) is 0 Å². The van der Waals surface area contributed by atoms with Crippen LogP contribution in [0.1, 0.15) is 62.2 Å². The molecule has 1 aliphatic rings. The van der Waals surface area contributed by atoms with Crippen molar-refractivity contribution in [3.8, 4) is 0 Å². The third kappa shape index (κ3) is 3.32. The fourth-order valence-electron chi connectivity index (χ4n) is 2.67. The second kappa shape index (κ2) is 6.01. The van der Waals surface area contributed by atoms with Crippen molar-refractivity contribution < 1.29 is 5.11 Å². The predicted octanol–water partition coefficient (Wildman–Crippen LogP) is 4.55. The highest BCUT2D eigenvalue weighted by Crippen LogP contribution is 2.33. The van der Waals surface area contributed by atoms with Gasteiger partial charge < -0.3 is 5.11 Å². The van der Waals surface area contributed by atoms with Gasteiger partial charge in [-0.1, -0.05) is 59.5 Å². The van der Waals surface area contributed by atoms with Gasteiger partial charge in [-0.15, -0.1) is 0 Å². The zero-order chi connectivity index (χ0) is 12.3. The van der Waals surface area contributed by atoms with E-state index >= 15 is 0 Å². The Morgan fingerprint density at radius 2 is 1.71 bits per heavy atom. The molecule has 2 heteroatoms. The zero-order valence-electron chi connectivity index (χ0n) is 10.4. The third-order valence-corrected chi connectivity index (χ3v) is 4.29. The predicted molar refractivity (Wildman–Crippen MR) is 75.6 cm³/mol. The van der Waals surface area contributed by atoms with Gasteiger partial charge in [0, 0.05) is 4.83 Å². The molecule has 0 aromatic heterocycles. The molecule has 1 saturated carbocycles. The van der Waals surface area contributed by atoms with Crippen LogP contribution in [0.15, 0.2) is 24.3 Å². The van der Waals surface area contributed by atoms with Gasteiger partial charge in [-0.05, 0) is 36.8 Å². The van der Waals surface area contributed by atoms with Gasteiger partial charge in [0.05, 0.1) is 6.10 Å². The number of aliphatic hydroxyl groups is 1. The lowest BCUT2D eigenvalue weighted by atomic mass is 9.84. The SMILES string of the molecule is CC(Br)C(O)c1ccc(C2CCCCC2)cc1. The maximum Gasteiger partial charge on any atom is 0.0912 e. The van der Waals surface area contributed by atoms with Crippen molar-refractivity contribution in [2.45, 2.75) is 55.9 Å². The molecule has 1 fully saturated rings. The molecule has 1 aromatic rings. The molecule has 1 nitrogen and oxygen atoms in total. The van der Waals surface area contributed by atoms with Crippen LogP contribution in [0.25, 0.3) is 0 Å². The monoisotopic (exact) mass is 296 g/mol. The van der Waals surface area contributed by atoms with E-state index < -0.39 is 6.10 Å². The van der Waals surface area contributed by atoms with Crippen LogP contribution >= 0.6 is 15.9 Å². The minimum absolute atomic E-state index is 0.100. The number of alkyl halides is 1. The Hall–Kier alpha value is -0.340. The summed E-state index contributed by atoms with van der Waals surface area (Å²) in [6, 6.07) is 8.55. The van der Waals surface area contributed by atoms with Gasteiger partial charge in [0.2, 0.25) is 0 Å². The van der Waals surface area contributed by atoms with Gasteiger partial charge >= 0.3 is 0 Å². The summed E-state index contributed by atoms with van der Waals surface area (Å²) in [5.41, 5.74) is 2.46. The van der Waals surface area contributed by atoms with Gasteiger partial charge in [-0.2, -0.15) is 0 Å². The molecule has 17 heavy (non-hydrogen) atoms. The molecule has 0 bridgehead atoms. The Kier molecular flexibility index (Phi) is 4.63. The molecule has 0 heterocycles. The zero-order valence-corrected chi connectivity index (χ0v) is 12.0. The second-order valence-electron chi connectivity index (χ2n) is 5.12. The highest BCUT2D eigenvalue weighted by molar-refractivity contribution is 9.09. The fourth-order valence-corrected chi connectivity index (χ4v) is 2.97. The van der Waals surface area contributed by atoms with Gasteiger partial charge in [0.15, 0.2) is 0 Å². The van der Waals surface area contributed by atoms with Gasteiger partial charge in [-0.3, -0.25) is 0 Å². The van der Waals surface area contributed by atoms with Crippen LogP contribution < -0.4 is 0 Å². The second-order valence-corrected chi connectivity index (χ2v) is 6.57. The Balaban J connectivity index is 2.06. The maximum absolute atomic E-state index is 9.95. The summed E-state index contributed by atoms with van der Waals surface area (Å²) in [5.74, 6) is 0.747. The summed E-state index contributed by atoms with van der Waals surface area (Å²) in [6.07, 6.45) is 6.39. The van der Waals surface area contributed by atoms with Crippen LogP contribution in [-0.2, 0) is 0 Å². The summed E-state index contributed by atoms with van der Waals surface area (Å²) in [5, 5.41) is 9.95. The highest BCUT2D eigenvalue weighted by atomic mass is 79.9. The summed E-state index contributed by atoms with van der Waals surface area (Å²) >= 11 is 3.42. The molecule has 0 amide bonds. The van der Waals surface area contributed by atoms with E-state index in [4.69, 9.17) is 0 Å². The van der Waals surface area contributed by atoms with Crippen molar-refractivity contribution in [1.82, 2.24) is 0 Å². The molecule has 1 aromatic carbocycles. The molecule has 0 saturated heterocycles. The number of hydrogen-bond acceptors (Lipinski definition) is 1. The van der Waals surface area contributed by atoms with Crippen LogP contribution in [0.4, 0.5) is 0 Å². The summed E-state index contributed by atoms with van der Waals surface area (Å²) in [7, 11) is 0. The molecule has 2 rings (SSSR count). The molecule has 0 spiro atoms. The summed E-state index contributed by atoms with van der Waals surface area (Å²) < 4.78 is 0. The van der Waals surface area contributed by atoms with Crippen LogP contribution in [0.2, 0.25) is 0 Å². The van der Waals surface area contributed by atoms with E-state index in [0.717, 1.165) is 11.5 Å². The lowest BCUT2D eigenvalue weighted by molar-refractivity contribution is 0.181. The number of benzene rings is 1. The minimum Gasteiger partial charge on any atom is -0.387 e. The van der Waals surface area contributed by atoms with Crippen LogP contribution in [0.5, 0.6) is 0 Å². The lowest BCUT2D eigenvalue weighted by Crippen LogP contribution is -2.08. The summed E-state index contributed by atoms with van der Waals surface area (Å²) in [6.45, 7) is 1.97. The average molecular weight is 297 g/mol. The standard InChI is InChI=1S/C15H21BrO/c1-11(16)15(17)14-9-7-13(8-10-14)12-5-3-2-4-6-12/h7-12,15,17H,2-6H2,1H3. The lowest BCUT2D eigenvalue weighted by Gasteiger charge is -2.22. The fraction of sp³-hybridized carbons (Fsp3) is 0.600. The Bertz CT molecular complexity index is 338. The van der Waals surface area contributed by atoms with E-state index in [2.05, 4.69) is 40.2 Å². The topological polar surface area (TPSA) is 20.2 Å². The first-order valence-electron chi connectivity index (χ1n) is 6.60. The van der Waals surface area contributed by atoms with E-state index in [0.29, 0.717) is 0 Å². The van der Waals surface area contributed by atoms with Gasteiger partial charge in [-0.25, -0.2) is 0 Å². The van der Waals surface area contributed by atoms with Crippen molar-refractivity contribution in [3.05, 3.63) is 35.4 Å². The molecule has 1 aliphatic carbocycles. The first-order valence-corrected chi connectivity index (χ1v) is 7.52. The molecule has 0 aliphatic heterocycles. The van der Waals surface area contributed by atoms with Crippen molar-refractivity contribution >= 4 is 15.9 Å². The molecule has 94 valence electrons. The first-order chi connectivity index (χ1) is 8.18. The smallest absolute Gasteiger partial charge is 0.0912 e. The van der Waals surface area contributed by atoms with E-state index in [-0.39, 0.29) is 4.83 Å². The van der Waals surface area contributed by atoms with Crippen LogP contribution in [-0.4, -0.2) is 9.93 Å². The quantitative estimate of drug-likeness (QED) is 0.811. The number of rotatable bonds is 3. The summed E-state index contributed by atoms with van der Waals surface area (Å²) in [4.78, 5) is 0.100. The van der Waals surface area contributed by atoms with Crippen molar-refractivity contribution in [2.75, 3.05) is 0 Å². The van der Waals surface area contributed by atoms with Crippen molar-refractivity contribution in [3.63, 3.8) is 0 Å². The number of halogens is 1. The Morgan fingerprint density at radius 3 is 2.24 bits per heavy atom. The molecule has 2 atom stereocenters. The maximum atomic E-state index is 9.95. The third-order valence-electron chi connectivity index (χ3n) is 3.79. The first kappa shape index (κ1) is 13.1.